The van der Waals surface area contributed by atoms with E-state index in [1.807, 2.05) is 7.05 Å². The molecule has 0 amide bonds. The molecule has 6 nitrogen and oxygen atoms in total. The Morgan fingerprint density at radius 3 is 2.81 bits per heavy atom. The highest BCUT2D eigenvalue weighted by Crippen LogP contribution is 2.18. The van der Waals surface area contributed by atoms with Crippen molar-refractivity contribution in [3.63, 3.8) is 0 Å². The van der Waals surface area contributed by atoms with Gasteiger partial charge in [0.25, 0.3) is 5.88 Å². The normalized spacial score (nSPS) is 9.62. The van der Waals surface area contributed by atoms with Gasteiger partial charge in [-0.2, -0.15) is 0 Å². The molecule has 0 spiro atoms. The lowest BCUT2D eigenvalue weighted by atomic mass is 10.5. The molecular weight excluding hydrogens is 226 g/mol. The summed E-state index contributed by atoms with van der Waals surface area (Å²) in [4.78, 5) is 9.58. The van der Waals surface area contributed by atoms with Crippen molar-refractivity contribution in [1.82, 2.24) is 20.6 Å². The first-order valence-electron chi connectivity index (χ1n) is 4.82. The maximum absolute atomic E-state index is 9.46. The zero-order chi connectivity index (χ0) is 12.0. The Bertz CT molecular complexity index is 360. The van der Waals surface area contributed by atoms with Crippen molar-refractivity contribution in [2.45, 2.75) is 0 Å². The van der Waals surface area contributed by atoms with Gasteiger partial charge in [-0.25, -0.2) is 9.97 Å². The second-order valence-electron chi connectivity index (χ2n) is 3.13. The number of nitrogens with one attached hydrogen (secondary N) is 2. The molecule has 0 unspecified atom stereocenters. The summed E-state index contributed by atoms with van der Waals surface area (Å²) in [7, 11) is 3.58. The number of aromatic nitrogens is 2. The van der Waals surface area contributed by atoms with Crippen LogP contribution in [0, 0.1) is 0 Å². The van der Waals surface area contributed by atoms with Crippen LogP contribution in [0.15, 0.2) is 12.4 Å². The minimum absolute atomic E-state index is 0.0683. The van der Waals surface area contributed by atoms with Crippen molar-refractivity contribution in [1.29, 1.82) is 0 Å². The number of anilines is 1. The second kappa shape index (κ2) is 6.06. The molecule has 0 fully saturated rings. The molecular formula is C9H15N5OS. The Morgan fingerprint density at radius 1 is 1.50 bits per heavy atom. The molecule has 0 saturated carbocycles. The van der Waals surface area contributed by atoms with Crippen LogP contribution >= 0.6 is 12.2 Å². The van der Waals surface area contributed by atoms with Crippen molar-refractivity contribution in [2.24, 2.45) is 0 Å². The lowest BCUT2D eigenvalue weighted by Crippen LogP contribution is -2.37. The lowest BCUT2D eigenvalue weighted by molar-refractivity contribution is 0.450. The molecule has 1 heterocycles. The highest BCUT2D eigenvalue weighted by Gasteiger charge is 2.08. The molecule has 88 valence electrons. The van der Waals surface area contributed by atoms with Crippen molar-refractivity contribution < 1.29 is 5.11 Å². The van der Waals surface area contributed by atoms with Crippen LogP contribution in [0.2, 0.25) is 0 Å². The number of hydrogen-bond donors (Lipinski definition) is 3. The van der Waals surface area contributed by atoms with Crippen LogP contribution in [-0.2, 0) is 0 Å². The summed E-state index contributed by atoms with van der Waals surface area (Å²) in [6.45, 7) is 1.32. The second-order valence-corrected chi connectivity index (χ2v) is 3.54. The zero-order valence-corrected chi connectivity index (χ0v) is 10.1. The zero-order valence-electron chi connectivity index (χ0n) is 9.27. The number of rotatable bonds is 4. The molecule has 1 aromatic rings. The molecule has 7 heteroatoms. The smallest absolute Gasteiger partial charge is 0.255 e. The molecule has 0 aliphatic rings. The highest BCUT2D eigenvalue weighted by atomic mass is 32.1. The van der Waals surface area contributed by atoms with Gasteiger partial charge in [-0.3, -0.25) is 0 Å². The molecule has 0 aromatic carbocycles. The summed E-state index contributed by atoms with van der Waals surface area (Å²) >= 11 is 4.93. The molecule has 0 aliphatic heterocycles. The van der Waals surface area contributed by atoms with Crippen LogP contribution < -0.4 is 15.5 Å². The first-order chi connectivity index (χ1) is 7.65. The van der Waals surface area contributed by atoms with E-state index in [1.54, 1.807) is 11.9 Å². The molecule has 3 N–H and O–H groups in total. The summed E-state index contributed by atoms with van der Waals surface area (Å²) in [5.41, 5.74) is 0. The fraction of sp³-hybridized carbons (Fsp3) is 0.444. The Hall–Kier alpha value is -1.63. The summed E-state index contributed by atoms with van der Waals surface area (Å²) in [5, 5.41) is 15.9. The maximum Gasteiger partial charge on any atom is 0.255 e. The Kier molecular flexibility index (Phi) is 4.71. The van der Waals surface area contributed by atoms with Gasteiger partial charge in [0.05, 0.1) is 0 Å². The summed E-state index contributed by atoms with van der Waals surface area (Å²) < 4.78 is 0. The van der Waals surface area contributed by atoms with E-state index in [0.29, 0.717) is 24.0 Å². The Morgan fingerprint density at radius 2 is 2.19 bits per heavy atom. The molecule has 0 bridgehead atoms. The van der Waals surface area contributed by atoms with Crippen LogP contribution in [0.25, 0.3) is 0 Å². The average molecular weight is 241 g/mol. The predicted molar refractivity (Wildman–Crippen MR) is 66.6 cm³/mol. The van der Waals surface area contributed by atoms with E-state index in [4.69, 9.17) is 12.2 Å². The van der Waals surface area contributed by atoms with E-state index in [0.717, 1.165) is 0 Å². The minimum Gasteiger partial charge on any atom is -0.491 e. The molecule has 0 saturated heterocycles. The average Bonchev–Trinajstić information content (AvgIpc) is 2.29. The Labute approximate surface area is 99.7 Å². The Balaban J connectivity index is 2.44. The van der Waals surface area contributed by atoms with E-state index in [9.17, 15) is 5.11 Å². The van der Waals surface area contributed by atoms with Crippen LogP contribution in [0.5, 0.6) is 5.88 Å². The van der Waals surface area contributed by atoms with E-state index < -0.39 is 0 Å². The first kappa shape index (κ1) is 12.4. The van der Waals surface area contributed by atoms with E-state index in [1.165, 1.54) is 12.4 Å². The number of aromatic hydroxyl groups is 1. The molecule has 0 aliphatic carbocycles. The first-order valence-corrected chi connectivity index (χ1v) is 5.22. The van der Waals surface area contributed by atoms with E-state index >= 15 is 0 Å². The molecule has 0 radical (unpaired) electrons. The fourth-order valence-electron chi connectivity index (χ4n) is 1.12. The van der Waals surface area contributed by atoms with Gasteiger partial charge >= 0.3 is 0 Å². The maximum atomic E-state index is 9.46. The van der Waals surface area contributed by atoms with Crippen LogP contribution in [0.4, 0.5) is 5.82 Å². The van der Waals surface area contributed by atoms with Gasteiger partial charge in [0.1, 0.15) is 0 Å². The van der Waals surface area contributed by atoms with Gasteiger partial charge < -0.3 is 20.6 Å². The quantitative estimate of drug-likeness (QED) is 0.626. The van der Waals surface area contributed by atoms with Gasteiger partial charge in [0.2, 0.25) is 0 Å². The largest absolute Gasteiger partial charge is 0.491 e. The van der Waals surface area contributed by atoms with Gasteiger partial charge in [-0.05, 0) is 12.2 Å². The van der Waals surface area contributed by atoms with Crippen molar-refractivity contribution >= 4 is 23.1 Å². The number of hydrogen-bond acceptors (Lipinski definition) is 5. The SMILES string of the molecule is CNC(=S)NCCN(C)c1nccnc1O. The van der Waals surface area contributed by atoms with Crippen molar-refractivity contribution in [3.05, 3.63) is 12.4 Å². The van der Waals surface area contributed by atoms with Gasteiger partial charge in [-0.15, -0.1) is 0 Å². The molecule has 1 aromatic heterocycles. The van der Waals surface area contributed by atoms with Gasteiger partial charge in [0.15, 0.2) is 10.9 Å². The highest BCUT2D eigenvalue weighted by molar-refractivity contribution is 7.80. The monoisotopic (exact) mass is 241 g/mol. The number of nitrogens with zero attached hydrogens (tertiary/aromatic N) is 3. The fourth-order valence-corrected chi connectivity index (χ4v) is 1.23. The van der Waals surface area contributed by atoms with Crippen molar-refractivity contribution in [3.8, 4) is 5.88 Å². The molecule has 1 rings (SSSR count). The van der Waals surface area contributed by atoms with Gasteiger partial charge in [-0.1, -0.05) is 0 Å². The standard InChI is InChI=1S/C9H15N5OS/c1-10-9(16)13-5-6-14(2)7-8(15)12-4-3-11-7/h3-4H,5-6H2,1-2H3,(H,12,15)(H2,10,13,16). The van der Waals surface area contributed by atoms with Crippen LogP contribution in [-0.4, -0.2) is 47.4 Å². The number of thiocarbonyl (C=S) groups is 1. The minimum atomic E-state index is -0.0683. The topological polar surface area (TPSA) is 73.3 Å². The van der Waals surface area contributed by atoms with E-state index in [2.05, 4.69) is 20.6 Å². The van der Waals surface area contributed by atoms with Crippen molar-refractivity contribution in [2.75, 3.05) is 32.1 Å². The van der Waals surface area contributed by atoms with Crippen LogP contribution in [0.3, 0.4) is 0 Å². The van der Waals surface area contributed by atoms with E-state index in [-0.39, 0.29) is 5.88 Å². The van der Waals surface area contributed by atoms with Crippen LogP contribution in [0.1, 0.15) is 0 Å². The summed E-state index contributed by atoms with van der Waals surface area (Å²) in [6, 6.07) is 0. The summed E-state index contributed by atoms with van der Waals surface area (Å²) in [5.74, 6) is 0.390. The third-order valence-electron chi connectivity index (χ3n) is 1.98. The lowest BCUT2D eigenvalue weighted by Gasteiger charge is -2.18. The third-order valence-corrected chi connectivity index (χ3v) is 2.33. The summed E-state index contributed by atoms with van der Waals surface area (Å²) in [6.07, 6.45) is 2.98. The van der Waals surface area contributed by atoms with Gasteiger partial charge in [0, 0.05) is 39.6 Å². The third kappa shape index (κ3) is 3.50. The molecule has 0 atom stereocenters. The number of likely N-dealkylation sites (N-methyl/N-ethyl adjacent to an activating group) is 1. The molecule has 16 heavy (non-hydrogen) atoms. The predicted octanol–water partition coefficient (Wildman–Crippen LogP) is -0.288.